The Bertz CT molecular complexity index is 637. The molecule has 22 heavy (non-hydrogen) atoms. The quantitative estimate of drug-likeness (QED) is 0.731. The van der Waals surface area contributed by atoms with E-state index in [1.54, 1.807) is 12.1 Å². The van der Waals surface area contributed by atoms with Crippen molar-refractivity contribution in [3.05, 3.63) is 29.8 Å². The number of aromatic hydroxyl groups is 1. The van der Waals surface area contributed by atoms with E-state index >= 15 is 0 Å². The monoisotopic (exact) mass is 300 g/mol. The van der Waals surface area contributed by atoms with E-state index < -0.39 is 5.60 Å². The molecule has 0 radical (unpaired) electrons. The summed E-state index contributed by atoms with van der Waals surface area (Å²) >= 11 is 0. The van der Waals surface area contributed by atoms with Gasteiger partial charge in [0.15, 0.2) is 0 Å². The second-order valence-electron chi connectivity index (χ2n) is 7.10. The number of rotatable bonds is 2. The third-order valence-electron chi connectivity index (χ3n) is 5.39. The second kappa shape index (κ2) is 4.81. The van der Waals surface area contributed by atoms with E-state index in [0.717, 1.165) is 37.8 Å². The normalized spacial score (nSPS) is 35.5. The van der Waals surface area contributed by atoms with Crippen LogP contribution >= 0.6 is 0 Å². The fraction of sp³-hybridized carbons (Fsp3) is 0.529. The number of carbonyl (C=O) groups is 1. The molecule has 2 unspecified atom stereocenters. The summed E-state index contributed by atoms with van der Waals surface area (Å²) in [4.78, 5) is 12.1. The minimum atomic E-state index is -0.495. The lowest BCUT2D eigenvalue weighted by atomic mass is 9.53. The Balaban J connectivity index is 1.51. The molecule has 0 spiro atoms. The molecule has 1 aromatic rings. The summed E-state index contributed by atoms with van der Waals surface area (Å²) in [7, 11) is 0. The van der Waals surface area contributed by atoms with Gasteiger partial charge in [-0.1, -0.05) is 6.07 Å². The van der Waals surface area contributed by atoms with Crippen LogP contribution in [-0.2, 0) is 0 Å². The van der Waals surface area contributed by atoms with Gasteiger partial charge in [-0.25, -0.2) is 5.43 Å². The first-order chi connectivity index (χ1) is 10.5. The number of aliphatic hydroxyl groups is 1. The maximum absolute atomic E-state index is 12.1. The van der Waals surface area contributed by atoms with Crippen molar-refractivity contribution >= 4 is 11.6 Å². The highest BCUT2D eigenvalue weighted by molar-refractivity contribution is 5.97. The average molecular weight is 300 g/mol. The highest BCUT2D eigenvalue weighted by Gasteiger charge is 2.53. The number of phenolic OH excluding ortho intramolecular Hbond substituents is 1. The highest BCUT2D eigenvalue weighted by atomic mass is 16.3. The van der Waals surface area contributed by atoms with Crippen molar-refractivity contribution in [1.29, 1.82) is 0 Å². The number of phenols is 1. The van der Waals surface area contributed by atoms with Crippen molar-refractivity contribution in [2.45, 2.75) is 37.7 Å². The minimum Gasteiger partial charge on any atom is -0.508 e. The maximum Gasteiger partial charge on any atom is 0.271 e. The van der Waals surface area contributed by atoms with Gasteiger partial charge in [0, 0.05) is 23.1 Å². The molecule has 0 saturated heterocycles. The molecule has 1 aromatic carbocycles. The zero-order chi connectivity index (χ0) is 15.3. The first-order valence-corrected chi connectivity index (χ1v) is 7.92. The zero-order valence-electron chi connectivity index (χ0n) is 12.3. The molecular formula is C17H20N2O3. The molecule has 0 aliphatic heterocycles. The largest absolute Gasteiger partial charge is 0.508 e. The van der Waals surface area contributed by atoms with Gasteiger partial charge in [-0.05, 0) is 56.2 Å². The lowest BCUT2D eigenvalue weighted by Crippen LogP contribution is -2.55. The van der Waals surface area contributed by atoms with Gasteiger partial charge in [0.1, 0.15) is 5.75 Å². The number of carbonyl (C=O) groups excluding carboxylic acids is 1. The van der Waals surface area contributed by atoms with Crippen LogP contribution in [0.4, 0.5) is 0 Å². The summed E-state index contributed by atoms with van der Waals surface area (Å²) < 4.78 is 0. The molecule has 4 fully saturated rings. The molecule has 0 aromatic heterocycles. The van der Waals surface area contributed by atoms with Crippen molar-refractivity contribution in [3.63, 3.8) is 0 Å². The smallest absolute Gasteiger partial charge is 0.271 e. The number of hydrazone groups is 1. The van der Waals surface area contributed by atoms with Gasteiger partial charge in [-0.2, -0.15) is 5.10 Å². The molecule has 3 N–H and O–H groups in total. The van der Waals surface area contributed by atoms with Gasteiger partial charge in [0.25, 0.3) is 5.91 Å². The predicted molar refractivity (Wildman–Crippen MR) is 81.5 cm³/mol. The van der Waals surface area contributed by atoms with Gasteiger partial charge in [-0.15, -0.1) is 0 Å². The summed E-state index contributed by atoms with van der Waals surface area (Å²) in [6.45, 7) is 0. The number of nitrogens with one attached hydrogen (secondary N) is 1. The number of hydrogen-bond acceptors (Lipinski definition) is 4. The van der Waals surface area contributed by atoms with E-state index in [4.69, 9.17) is 0 Å². The van der Waals surface area contributed by atoms with Crippen molar-refractivity contribution in [2.75, 3.05) is 0 Å². The van der Waals surface area contributed by atoms with Crippen molar-refractivity contribution in [3.8, 4) is 5.75 Å². The Labute approximate surface area is 129 Å². The van der Waals surface area contributed by atoms with Crippen LogP contribution in [0.2, 0.25) is 0 Å². The van der Waals surface area contributed by atoms with Crippen LogP contribution in [0.5, 0.6) is 5.75 Å². The summed E-state index contributed by atoms with van der Waals surface area (Å²) in [5.74, 6) is 0.984. The molecule has 4 bridgehead atoms. The standard InChI is InChI=1S/C17H20N2O3/c20-14-3-1-2-11(6-14)16(21)19-18-15-12-4-10-5-13(15)9-17(22,7-10)8-12/h1-3,6,10,12-13,20,22H,4-5,7-9H2,(H,19,21). The average Bonchev–Trinajstić information content (AvgIpc) is 2.44. The van der Waals surface area contributed by atoms with Crippen LogP contribution in [0.15, 0.2) is 29.4 Å². The van der Waals surface area contributed by atoms with Crippen LogP contribution < -0.4 is 5.43 Å². The Kier molecular flexibility index (Phi) is 3.01. The first-order valence-electron chi connectivity index (χ1n) is 7.92. The minimum absolute atomic E-state index is 0.0668. The van der Waals surface area contributed by atoms with E-state index in [9.17, 15) is 15.0 Å². The molecule has 5 nitrogen and oxygen atoms in total. The molecule has 5 heteroatoms. The molecular weight excluding hydrogens is 280 g/mol. The molecule has 4 aliphatic carbocycles. The topological polar surface area (TPSA) is 81.9 Å². The highest BCUT2D eigenvalue weighted by Crippen LogP contribution is 2.54. The van der Waals surface area contributed by atoms with Crippen LogP contribution in [0.25, 0.3) is 0 Å². The third kappa shape index (κ3) is 2.29. The predicted octanol–water partition coefficient (Wildman–Crippen LogP) is 2.05. The zero-order valence-corrected chi connectivity index (χ0v) is 12.3. The van der Waals surface area contributed by atoms with E-state index in [1.165, 1.54) is 12.1 Å². The molecule has 5 rings (SSSR count). The van der Waals surface area contributed by atoms with Gasteiger partial charge in [0.2, 0.25) is 0 Å². The van der Waals surface area contributed by atoms with Crippen molar-refractivity contribution in [1.82, 2.24) is 5.43 Å². The Hall–Kier alpha value is -1.88. The number of amides is 1. The Morgan fingerprint density at radius 1 is 1.23 bits per heavy atom. The summed E-state index contributed by atoms with van der Waals surface area (Å²) in [6, 6.07) is 6.24. The summed E-state index contributed by atoms with van der Waals surface area (Å²) in [5, 5.41) is 24.3. The molecule has 2 atom stereocenters. The SMILES string of the molecule is O=C(NN=C1C2CC3CC1CC(O)(C3)C2)c1cccc(O)c1. The second-order valence-corrected chi connectivity index (χ2v) is 7.10. The van der Waals surface area contributed by atoms with Gasteiger partial charge in [-0.3, -0.25) is 4.79 Å². The van der Waals surface area contributed by atoms with Crippen LogP contribution in [0, 0.1) is 17.8 Å². The van der Waals surface area contributed by atoms with Crippen LogP contribution in [0.1, 0.15) is 42.5 Å². The number of hydrogen-bond donors (Lipinski definition) is 3. The van der Waals surface area contributed by atoms with E-state index in [-0.39, 0.29) is 11.7 Å². The molecule has 116 valence electrons. The molecule has 0 heterocycles. The molecule has 1 amide bonds. The van der Waals surface area contributed by atoms with Crippen LogP contribution in [-0.4, -0.2) is 27.4 Å². The number of nitrogens with zero attached hydrogens (tertiary/aromatic N) is 1. The van der Waals surface area contributed by atoms with E-state index in [0.29, 0.717) is 23.3 Å². The van der Waals surface area contributed by atoms with E-state index in [1.807, 2.05) is 0 Å². The summed E-state index contributed by atoms with van der Waals surface area (Å²) in [6.07, 6.45) is 4.66. The lowest BCUT2D eigenvalue weighted by molar-refractivity contribution is -0.0825. The van der Waals surface area contributed by atoms with Gasteiger partial charge >= 0.3 is 0 Å². The van der Waals surface area contributed by atoms with Gasteiger partial charge < -0.3 is 10.2 Å². The summed E-state index contributed by atoms with van der Waals surface area (Å²) in [5.41, 5.74) is 3.57. The van der Waals surface area contributed by atoms with Crippen molar-refractivity contribution in [2.24, 2.45) is 22.9 Å². The molecule has 4 aliphatic rings. The number of benzene rings is 1. The first kappa shape index (κ1) is 13.8. The lowest BCUT2D eigenvalue weighted by Gasteiger charge is -2.54. The fourth-order valence-electron chi connectivity index (χ4n) is 4.73. The van der Waals surface area contributed by atoms with Gasteiger partial charge in [0.05, 0.1) is 5.60 Å². The Morgan fingerprint density at radius 2 is 1.95 bits per heavy atom. The fourth-order valence-corrected chi connectivity index (χ4v) is 4.73. The van der Waals surface area contributed by atoms with Crippen molar-refractivity contribution < 1.29 is 15.0 Å². The van der Waals surface area contributed by atoms with E-state index in [2.05, 4.69) is 10.5 Å². The third-order valence-corrected chi connectivity index (χ3v) is 5.39. The molecule has 4 saturated carbocycles. The Morgan fingerprint density at radius 3 is 2.59 bits per heavy atom. The maximum atomic E-state index is 12.1. The van der Waals surface area contributed by atoms with Crippen LogP contribution in [0.3, 0.4) is 0 Å².